The quantitative estimate of drug-likeness (QED) is 0.576. The van der Waals surface area contributed by atoms with Crippen molar-refractivity contribution in [3.63, 3.8) is 0 Å². The van der Waals surface area contributed by atoms with Crippen molar-refractivity contribution in [2.24, 2.45) is 0 Å². The van der Waals surface area contributed by atoms with Gasteiger partial charge in [-0.05, 0) is 24.4 Å². The highest BCUT2D eigenvalue weighted by molar-refractivity contribution is 7.20. The summed E-state index contributed by atoms with van der Waals surface area (Å²) in [5.74, 6) is -0.133. The fraction of sp³-hybridized carbons (Fsp3) is 0.316. The topological polar surface area (TPSA) is 88.5 Å². The molecular weight excluding hydrogens is 410 g/mol. The lowest BCUT2D eigenvalue weighted by atomic mass is 10.2. The van der Waals surface area contributed by atoms with E-state index in [0.29, 0.717) is 32.1 Å². The van der Waals surface area contributed by atoms with E-state index in [-0.39, 0.29) is 11.6 Å². The van der Waals surface area contributed by atoms with Crippen molar-refractivity contribution < 1.29 is 14.3 Å². The zero-order valence-corrected chi connectivity index (χ0v) is 17.4. The summed E-state index contributed by atoms with van der Waals surface area (Å²) in [5.41, 5.74) is 0.226. The number of thiazole rings is 1. The second kappa shape index (κ2) is 8.66. The Bertz CT molecular complexity index is 969. The monoisotopic (exact) mass is 429 g/mol. The smallest absolute Gasteiger partial charge is 0.358 e. The van der Waals surface area contributed by atoms with E-state index < -0.39 is 12.1 Å². The lowest BCUT2D eigenvalue weighted by Gasteiger charge is -2.35. The molecule has 1 aliphatic heterocycles. The number of amides is 1. The number of carbonyl (C=O) groups is 2. The first-order valence-corrected chi connectivity index (χ1v) is 10.9. The Morgan fingerprint density at radius 2 is 1.86 bits per heavy atom. The van der Waals surface area contributed by atoms with Gasteiger partial charge in [-0.3, -0.25) is 4.79 Å². The maximum Gasteiger partial charge on any atom is 0.358 e. The molecule has 0 saturated carbocycles. The van der Waals surface area contributed by atoms with Crippen LogP contribution in [0.3, 0.4) is 0 Å². The molecular formula is C19H19N5O3S2. The van der Waals surface area contributed by atoms with Crippen LogP contribution < -0.4 is 4.90 Å². The van der Waals surface area contributed by atoms with Gasteiger partial charge >= 0.3 is 5.97 Å². The minimum atomic E-state index is -0.867. The summed E-state index contributed by atoms with van der Waals surface area (Å²) < 4.78 is 5.37. The van der Waals surface area contributed by atoms with Gasteiger partial charge in [0.1, 0.15) is 5.01 Å². The summed E-state index contributed by atoms with van der Waals surface area (Å²) in [6.07, 6.45) is 2.53. The molecule has 8 nitrogen and oxygen atoms in total. The molecule has 150 valence electrons. The Balaban J connectivity index is 1.31. The number of ether oxygens (including phenoxy) is 1. The largest absolute Gasteiger partial charge is 0.448 e. The maximum atomic E-state index is 12.7. The summed E-state index contributed by atoms with van der Waals surface area (Å²) in [6.45, 7) is 3.91. The van der Waals surface area contributed by atoms with Crippen LogP contribution in [0.25, 0.3) is 9.88 Å². The number of hydrogen-bond acceptors (Lipinski definition) is 9. The Kier molecular flexibility index (Phi) is 5.81. The van der Waals surface area contributed by atoms with Crippen molar-refractivity contribution in [2.45, 2.75) is 13.0 Å². The van der Waals surface area contributed by atoms with E-state index in [9.17, 15) is 9.59 Å². The minimum absolute atomic E-state index is 0.208. The van der Waals surface area contributed by atoms with Crippen LogP contribution in [-0.4, -0.2) is 64.0 Å². The highest BCUT2D eigenvalue weighted by Gasteiger charge is 2.28. The lowest BCUT2D eigenvalue weighted by molar-refractivity contribution is -0.140. The molecule has 1 unspecified atom stereocenters. The fourth-order valence-corrected chi connectivity index (χ4v) is 4.59. The number of piperazine rings is 1. The van der Waals surface area contributed by atoms with Crippen LogP contribution in [0.4, 0.5) is 5.95 Å². The van der Waals surface area contributed by atoms with Crippen LogP contribution in [0.1, 0.15) is 17.4 Å². The number of nitrogens with zero attached hydrogens (tertiary/aromatic N) is 5. The molecule has 1 amide bonds. The predicted molar refractivity (Wildman–Crippen MR) is 111 cm³/mol. The first-order valence-electron chi connectivity index (χ1n) is 9.13. The van der Waals surface area contributed by atoms with Crippen LogP contribution in [0.2, 0.25) is 0 Å². The summed E-state index contributed by atoms with van der Waals surface area (Å²) >= 11 is 2.94. The van der Waals surface area contributed by atoms with E-state index >= 15 is 0 Å². The van der Waals surface area contributed by atoms with Gasteiger partial charge in [0.25, 0.3) is 5.91 Å². The first kappa shape index (κ1) is 19.5. The van der Waals surface area contributed by atoms with E-state index in [1.165, 1.54) is 11.3 Å². The van der Waals surface area contributed by atoms with Gasteiger partial charge in [-0.15, -0.1) is 22.7 Å². The van der Waals surface area contributed by atoms with E-state index in [2.05, 4.69) is 15.0 Å². The molecule has 4 heterocycles. The van der Waals surface area contributed by atoms with Gasteiger partial charge in [0.15, 0.2) is 11.8 Å². The normalized spacial score (nSPS) is 15.2. The number of esters is 1. The molecule has 0 spiro atoms. The fourth-order valence-electron chi connectivity index (χ4n) is 2.99. The number of aromatic nitrogens is 3. The summed E-state index contributed by atoms with van der Waals surface area (Å²) in [4.78, 5) is 42.6. The van der Waals surface area contributed by atoms with Gasteiger partial charge in [-0.1, -0.05) is 6.07 Å². The van der Waals surface area contributed by atoms with Crippen LogP contribution in [-0.2, 0) is 9.53 Å². The van der Waals surface area contributed by atoms with Gasteiger partial charge in [0.2, 0.25) is 5.95 Å². The molecule has 3 aromatic rings. The average Bonchev–Trinajstić information content (AvgIpc) is 3.46. The van der Waals surface area contributed by atoms with E-state index in [0.717, 1.165) is 9.88 Å². The molecule has 0 radical (unpaired) electrons. The Morgan fingerprint density at radius 1 is 1.10 bits per heavy atom. The van der Waals surface area contributed by atoms with Gasteiger partial charge < -0.3 is 14.5 Å². The third-order valence-electron chi connectivity index (χ3n) is 4.50. The average molecular weight is 430 g/mol. The molecule has 1 aliphatic rings. The van der Waals surface area contributed by atoms with Gasteiger partial charge in [-0.2, -0.15) is 0 Å². The second-order valence-electron chi connectivity index (χ2n) is 6.42. The Hall–Kier alpha value is -2.85. The standard InChI is InChI=1S/C19H19N5O3S2/c1-13(27-18(26)14-12-29-16(22-14)15-4-2-11-28-15)17(25)23-7-9-24(10-8-23)19-20-5-3-6-21-19/h2-6,11-13H,7-10H2,1H3. The van der Waals surface area contributed by atoms with Crippen LogP contribution in [0.5, 0.6) is 0 Å². The first-order chi connectivity index (χ1) is 14.1. The van der Waals surface area contributed by atoms with Gasteiger partial charge in [0.05, 0.1) is 4.88 Å². The van der Waals surface area contributed by atoms with E-state index in [1.807, 2.05) is 22.4 Å². The van der Waals surface area contributed by atoms with Crippen LogP contribution in [0.15, 0.2) is 41.4 Å². The molecule has 1 atom stereocenters. The summed E-state index contributed by atoms with van der Waals surface area (Å²) in [6, 6.07) is 5.65. The van der Waals surface area contributed by atoms with Crippen LogP contribution >= 0.6 is 22.7 Å². The van der Waals surface area contributed by atoms with E-state index in [4.69, 9.17) is 4.74 Å². The molecule has 4 rings (SSSR count). The van der Waals surface area contributed by atoms with Crippen molar-refractivity contribution in [1.29, 1.82) is 0 Å². The third kappa shape index (κ3) is 4.43. The predicted octanol–water partition coefficient (Wildman–Crippen LogP) is 2.56. The molecule has 1 fully saturated rings. The molecule has 0 bridgehead atoms. The minimum Gasteiger partial charge on any atom is -0.448 e. The number of anilines is 1. The van der Waals surface area contributed by atoms with Crippen molar-refractivity contribution in [3.05, 3.63) is 47.0 Å². The van der Waals surface area contributed by atoms with Gasteiger partial charge in [-0.25, -0.2) is 19.7 Å². The molecule has 0 N–H and O–H groups in total. The SMILES string of the molecule is CC(OC(=O)c1csc(-c2cccs2)n1)C(=O)N1CCN(c2ncccn2)CC1. The summed E-state index contributed by atoms with van der Waals surface area (Å²) in [5, 5.41) is 4.39. The van der Waals surface area contributed by atoms with Crippen LogP contribution in [0, 0.1) is 0 Å². The Morgan fingerprint density at radius 3 is 2.55 bits per heavy atom. The van der Waals surface area contributed by atoms with Crippen molar-refractivity contribution >= 4 is 40.5 Å². The number of hydrogen-bond donors (Lipinski definition) is 0. The molecule has 3 aromatic heterocycles. The van der Waals surface area contributed by atoms with Crippen molar-refractivity contribution in [1.82, 2.24) is 19.9 Å². The van der Waals surface area contributed by atoms with Crippen molar-refractivity contribution in [3.8, 4) is 9.88 Å². The van der Waals surface area contributed by atoms with Crippen molar-refractivity contribution in [2.75, 3.05) is 31.1 Å². The highest BCUT2D eigenvalue weighted by atomic mass is 32.1. The number of thiophene rings is 1. The molecule has 10 heteroatoms. The number of rotatable bonds is 5. The zero-order valence-electron chi connectivity index (χ0n) is 15.7. The highest BCUT2D eigenvalue weighted by Crippen LogP contribution is 2.28. The molecule has 1 saturated heterocycles. The molecule has 29 heavy (non-hydrogen) atoms. The maximum absolute atomic E-state index is 12.7. The zero-order chi connectivity index (χ0) is 20.2. The molecule has 0 aliphatic carbocycles. The lowest BCUT2D eigenvalue weighted by Crippen LogP contribution is -2.52. The van der Waals surface area contributed by atoms with E-state index in [1.54, 1.807) is 47.0 Å². The number of carbonyl (C=O) groups excluding carboxylic acids is 2. The second-order valence-corrected chi connectivity index (χ2v) is 8.23. The third-order valence-corrected chi connectivity index (χ3v) is 6.38. The molecule has 0 aromatic carbocycles. The van der Waals surface area contributed by atoms with Gasteiger partial charge in [0, 0.05) is 44.0 Å². The Labute approximate surface area is 175 Å². The summed E-state index contributed by atoms with van der Waals surface area (Å²) in [7, 11) is 0.